The summed E-state index contributed by atoms with van der Waals surface area (Å²) in [6.07, 6.45) is 1.07. The number of rotatable bonds is 6. The van der Waals surface area contributed by atoms with Gasteiger partial charge in [-0.3, -0.25) is 14.3 Å². The molecule has 154 valence electrons. The minimum atomic E-state index is -0.669. The second-order valence-corrected chi connectivity index (χ2v) is 7.26. The standard InChI is InChI=1S/C23H23N3O4/c1-30-13-12-25-15-18(26-21(23(25)29)22(28)19(27)14-24-26)20(16-8-4-2-5-9-16)17-10-6-3-7-11-17/h2-11,14,18,20,28H,12-13,15H2,1H3. The van der Waals surface area contributed by atoms with Gasteiger partial charge < -0.3 is 14.7 Å². The van der Waals surface area contributed by atoms with Crippen molar-refractivity contribution in [1.82, 2.24) is 14.7 Å². The van der Waals surface area contributed by atoms with Crippen LogP contribution in [0.2, 0.25) is 0 Å². The maximum Gasteiger partial charge on any atom is 0.276 e. The lowest BCUT2D eigenvalue weighted by molar-refractivity contribution is 0.0565. The number of hydrogen-bond donors (Lipinski definition) is 1. The maximum atomic E-state index is 13.0. The summed E-state index contributed by atoms with van der Waals surface area (Å²) in [6, 6.07) is 19.6. The zero-order valence-corrected chi connectivity index (χ0v) is 16.6. The molecule has 1 aliphatic rings. The van der Waals surface area contributed by atoms with Crippen LogP contribution in [0.15, 0.2) is 71.7 Å². The van der Waals surface area contributed by atoms with Crippen LogP contribution in [0.4, 0.5) is 0 Å². The molecule has 0 saturated carbocycles. The fraction of sp³-hybridized carbons (Fsp3) is 0.261. The fourth-order valence-electron chi connectivity index (χ4n) is 4.04. The zero-order valence-electron chi connectivity index (χ0n) is 16.6. The van der Waals surface area contributed by atoms with E-state index in [9.17, 15) is 14.7 Å². The van der Waals surface area contributed by atoms with Crippen LogP contribution in [0.1, 0.15) is 33.6 Å². The second-order valence-electron chi connectivity index (χ2n) is 7.26. The second kappa shape index (κ2) is 8.51. The SMILES string of the molecule is COCCN1CC(C(c2ccccc2)c2ccccc2)n2ncc(=O)c(O)c2C1=O. The molecular weight excluding hydrogens is 382 g/mol. The number of carbonyl (C=O) groups is 1. The van der Waals surface area contributed by atoms with Crippen LogP contribution in [-0.4, -0.2) is 52.5 Å². The molecule has 7 heteroatoms. The Morgan fingerprint density at radius 2 is 1.67 bits per heavy atom. The predicted molar refractivity (Wildman–Crippen MR) is 112 cm³/mol. The molecule has 0 bridgehead atoms. The number of nitrogens with zero attached hydrogens (tertiary/aromatic N) is 3. The Morgan fingerprint density at radius 1 is 1.07 bits per heavy atom. The number of ether oxygens (including phenoxy) is 1. The summed E-state index contributed by atoms with van der Waals surface area (Å²) in [5.41, 5.74) is 1.37. The van der Waals surface area contributed by atoms with Crippen LogP contribution in [0.5, 0.6) is 5.75 Å². The quantitative estimate of drug-likeness (QED) is 0.681. The summed E-state index contributed by atoms with van der Waals surface area (Å²) in [6.45, 7) is 1.08. The third-order valence-corrected chi connectivity index (χ3v) is 5.47. The van der Waals surface area contributed by atoms with Crippen LogP contribution in [-0.2, 0) is 4.74 Å². The molecule has 0 fully saturated rings. The molecule has 1 aromatic heterocycles. The van der Waals surface area contributed by atoms with E-state index in [0.717, 1.165) is 17.3 Å². The van der Waals surface area contributed by atoms with Crippen molar-refractivity contribution >= 4 is 5.91 Å². The molecule has 30 heavy (non-hydrogen) atoms. The Morgan fingerprint density at radius 3 is 2.23 bits per heavy atom. The Labute approximate surface area is 174 Å². The highest BCUT2D eigenvalue weighted by molar-refractivity contribution is 5.95. The average Bonchev–Trinajstić information content (AvgIpc) is 2.78. The lowest BCUT2D eigenvalue weighted by Gasteiger charge is -2.39. The van der Waals surface area contributed by atoms with E-state index in [2.05, 4.69) is 5.10 Å². The summed E-state index contributed by atoms with van der Waals surface area (Å²) < 4.78 is 6.67. The molecule has 0 spiro atoms. The molecule has 0 saturated heterocycles. The summed E-state index contributed by atoms with van der Waals surface area (Å²) in [4.78, 5) is 26.7. The molecule has 7 nitrogen and oxygen atoms in total. The van der Waals surface area contributed by atoms with E-state index < -0.39 is 17.1 Å². The van der Waals surface area contributed by atoms with Crippen molar-refractivity contribution < 1.29 is 14.6 Å². The first kappa shape index (κ1) is 19.8. The number of aromatic hydroxyl groups is 1. The average molecular weight is 405 g/mol. The van der Waals surface area contributed by atoms with Gasteiger partial charge in [0, 0.05) is 26.1 Å². The van der Waals surface area contributed by atoms with E-state index in [-0.39, 0.29) is 17.7 Å². The third kappa shape index (κ3) is 3.59. The van der Waals surface area contributed by atoms with Gasteiger partial charge in [0.05, 0.1) is 18.8 Å². The zero-order chi connectivity index (χ0) is 21.1. The van der Waals surface area contributed by atoms with Crippen LogP contribution in [0, 0.1) is 0 Å². The fourth-order valence-corrected chi connectivity index (χ4v) is 4.04. The summed E-state index contributed by atoms with van der Waals surface area (Å²) in [5, 5.41) is 14.7. The van der Waals surface area contributed by atoms with Crippen molar-refractivity contribution in [3.8, 4) is 5.75 Å². The Hall–Kier alpha value is -3.45. The highest BCUT2D eigenvalue weighted by Gasteiger charge is 2.39. The molecule has 1 aliphatic heterocycles. The lowest BCUT2D eigenvalue weighted by Crippen LogP contribution is -2.48. The van der Waals surface area contributed by atoms with Gasteiger partial charge in [-0.05, 0) is 11.1 Å². The number of methoxy groups -OCH3 is 1. The predicted octanol–water partition coefficient (Wildman–Crippen LogP) is 2.42. The summed E-state index contributed by atoms with van der Waals surface area (Å²) >= 11 is 0. The van der Waals surface area contributed by atoms with E-state index in [1.807, 2.05) is 60.7 Å². The summed E-state index contributed by atoms with van der Waals surface area (Å²) in [5.74, 6) is -1.13. The van der Waals surface area contributed by atoms with Gasteiger partial charge in [0.2, 0.25) is 5.43 Å². The van der Waals surface area contributed by atoms with Crippen LogP contribution in [0.3, 0.4) is 0 Å². The maximum absolute atomic E-state index is 13.0. The van der Waals surface area contributed by atoms with Gasteiger partial charge in [-0.2, -0.15) is 5.10 Å². The van der Waals surface area contributed by atoms with Gasteiger partial charge in [-0.1, -0.05) is 60.7 Å². The van der Waals surface area contributed by atoms with E-state index in [0.29, 0.717) is 19.7 Å². The topological polar surface area (TPSA) is 84.7 Å². The number of benzene rings is 2. The number of hydrogen-bond acceptors (Lipinski definition) is 5. The van der Waals surface area contributed by atoms with E-state index in [4.69, 9.17) is 4.74 Å². The normalized spacial score (nSPS) is 16.0. The summed E-state index contributed by atoms with van der Waals surface area (Å²) in [7, 11) is 1.57. The van der Waals surface area contributed by atoms with E-state index in [1.54, 1.807) is 12.0 Å². The van der Waals surface area contributed by atoms with Crippen molar-refractivity contribution in [2.24, 2.45) is 0 Å². The highest BCUT2D eigenvalue weighted by atomic mass is 16.5. The van der Waals surface area contributed by atoms with Gasteiger partial charge in [0.1, 0.15) is 0 Å². The molecule has 0 aliphatic carbocycles. The number of fused-ring (bicyclic) bond motifs is 1. The molecule has 2 heterocycles. The van der Waals surface area contributed by atoms with Crippen molar-refractivity contribution in [2.45, 2.75) is 12.0 Å². The number of amides is 1. The number of aromatic nitrogens is 2. The molecule has 4 rings (SSSR count). The van der Waals surface area contributed by atoms with Gasteiger partial charge in [-0.25, -0.2) is 0 Å². The molecule has 1 N–H and O–H groups in total. The van der Waals surface area contributed by atoms with Crippen LogP contribution in [0.25, 0.3) is 0 Å². The van der Waals surface area contributed by atoms with Crippen molar-refractivity contribution in [3.05, 3.63) is 93.9 Å². The van der Waals surface area contributed by atoms with Gasteiger partial charge in [0.25, 0.3) is 5.91 Å². The van der Waals surface area contributed by atoms with Crippen molar-refractivity contribution in [1.29, 1.82) is 0 Å². The van der Waals surface area contributed by atoms with Crippen molar-refractivity contribution in [3.63, 3.8) is 0 Å². The van der Waals surface area contributed by atoms with Gasteiger partial charge >= 0.3 is 0 Å². The van der Waals surface area contributed by atoms with Crippen LogP contribution >= 0.6 is 0 Å². The first-order valence-corrected chi connectivity index (χ1v) is 9.80. The molecule has 1 atom stereocenters. The van der Waals surface area contributed by atoms with Crippen LogP contribution < -0.4 is 5.43 Å². The molecule has 1 amide bonds. The first-order chi connectivity index (χ1) is 14.6. The Balaban J connectivity index is 1.90. The third-order valence-electron chi connectivity index (χ3n) is 5.47. The Bertz CT molecular complexity index is 1040. The molecule has 3 aromatic rings. The van der Waals surface area contributed by atoms with E-state index in [1.165, 1.54) is 4.68 Å². The number of carbonyl (C=O) groups excluding carboxylic acids is 1. The molecule has 2 aromatic carbocycles. The minimum Gasteiger partial charge on any atom is -0.502 e. The Kier molecular flexibility index (Phi) is 5.63. The molecular formula is C23H23N3O4. The lowest BCUT2D eigenvalue weighted by atomic mass is 9.83. The molecule has 1 unspecified atom stereocenters. The monoisotopic (exact) mass is 405 g/mol. The highest BCUT2D eigenvalue weighted by Crippen LogP contribution is 2.39. The first-order valence-electron chi connectivity index (χ1n) is 9.80. The van der Waals surface area contributed by atoms with E-state index >= 15 is 0 Å². The smallest absolute Gasteiger partial charge is 0.276 e. The van der Waals surface area contributed by atoms with Crippen molar-refractivity contribution in [2.75, 3.05) is 26.8 Å². The molecule has 0 radical (unpaired) electrons. The minimum absolute atomic E-state index is 0.0771. The van der Waals surface area contributed by atoms with Gasteiger partial charge in [0.15, 0.2) is 11.4 Å². The van der Waals surface area contributed by atoms with Gasteiger partial charge in [-0.15, -0.1) is 0 Å². The largest absolute Gasteiger partial charge is 0.502 e.